The van der Waals surface area contributed by atoms with Crippen molar-refractivity contribution in [1.29, 1.82) is 10.8 Å². The standard InChI is InChI=1S/C12H28N3.C10H21N2.C7H18N2S.CH4N2.CH3N.Y/c13-9-5-1-3-7-11-15-12-8-4-2-6-10-14;1-3-9(4-2)10(12)7-5-6-8-11;1-7(9,10)5-3-2-4-6-8;2-1-3;1-2;/h13,15H,1-12,14H2;3,9-10,12H,1,4-8,11H2,2H3;10H,2-6,8-9H2,1H3;1H,(H3,2,3);2H,1H2;/q2*-1;;;;. The number of rotatable bonds is 24. The van der Waals surface area contributed by atoms with Gasteiger partial charge >= 0.3 is 0 Å². The molecule has 0 spiro atoms. The van der Waals surface area contributed by atoms with Gasteiger partial charge in [-0.05, 0) is 90.8 Å². The van der Waals surface area contributed by atoms with Crippen molar-refractivity contribution in [3.63, 3.8) is 0 Å². The first-order valence-corrected chi connectivity index (χ1v) is 16.5. The molecule has 0 aliphatic rings. The third-order valence-electron chi connectivity index (χ3n) is 6.24. The zero-order chi connectivity index (χ0) is 33.3. The summed E-state index contributed by atoms with van der Waals surface area (Å²) in [6.07, 6.45) is 21.0. The minimum atomic E-state index is -0.297. The van der Waals surface area contributed by atoms with Crippen LogP contribution >= 0.6 is 12.6 Å². The normalized spacial score (nSPS) is 12.4. The quantitative estimate of drug-likeness (QED) is 0.0138. The molecule has 0 saturated carbocycles. The molecule has 0 rings (SSSR count). The Balaban J connectivity index is -0.000000111. The van der Waals surface area contributed by atoms with Crippen LogP contribution in [-0.2, 0) is 32.7 Å². The molecule has 0 aliphatic heterocycles. The van der Waals surface area contributed by atoms with Crippen LogP contribution in [0.25, 0.3) is 11.5 Å². The third-order valence-corrected chi connectivity index (χ3v) is 6.46. The van der Waals surface area contributed by atoms with Crippen LogP contribution in [0.1, 0.15) is 117 Å². The Kier molecular flexibility index (Phi) is 66.6. The topological polar surface area (TPSA) is 237 Å². The number of nitrogens with one attached hydrogen (secondary N) is 5. The summed E-state index contributed by atoms with van der Waals surface area (Å²) in [5, 5.41) is 14.8. The van der Waals surface area contributed by atoms with E-state index in [1.165, 1.54) is 51.4 Å². The van der Waals surface area contributed by atoms with Crippen molar-refractivity contribution in [2.24, 2.45) is 34.6 Å². The summed E-state index contributed by atoms with van der Waals surface area (Å²) in [6, 6.07) is 0.0269. The van der Waals surface area contributed by atoms with Gasteiger partial charge in [-0.1, -0.05) is 77.2 Å². The molecule has 0 amide bonds. The Morgan fingerprint density at radius 3 is 1.60 bits per heavy atom. The molecule has 1 radical (unpaired) electrons. The number of unbranched alkanes of at least 4 members (excludes halogenated alkanes) is 9. The number of thiol groups is 1. The summed E-state index contributed by atoms with van der Waals surface area (Å²) in [4.78, 5) is -0.297. The van der Waals surface area contributed by atoms with Crippen molar-refractivity contribution in [2.75, 3.05) is 39.3 Å². The fourth-order valence-corrected chi connectivity index (χ4v) is 3.90. The van der Waals surface area contributed by atoms with Gasteiger partial charge in [0, 0.05) is 32.7 Å². The first-order valence-electron chi connectivity index (χ1n) is 16.0. The molecule has 0 aliphatic carbocycles. The molecule has 0 fully saturated rings. The van der Waals surface area contributed by atoms with Gasteiger partial charge in [-0.2, -0.15) is 19.2 Å². The van der Waals surface area contributed by atoms with Gasteiger partial charge in [0.1, 0.15) is 0 Å². The van der Waals surface area contributed by atoms with Gasteiger partial charge in [0.15, 0.2) is 0 Å². The van der Waals surface area contributed by atoms with Crippen molar-refractivity contribution in [3.05, 3.63) is 24.1 Å². The Labute approximate surface area is 298 Å². The van der Waals surface area contributed by atoms with Crippen molar-refractivity contribution >= 4 is 25.7 Å². The minimum Gasteiger partial charge on any atom is -0.677 e. The summed E-state index contributed by atoms with van der Waals surface area (Å²) in [6.45, 7) is 15.5. The average molecular weight is 708 g/mol. The summed E-state index contributed by atoms with van der Waals surface area (Å²) < 4.78 is 0. The van der Waals surface area contributed by atoms with E-state index >= 15 is 0 Å². The van der Waals surface area contributed by atoms with Crippen molar-refractivity contribution in [3.8, 4) is 0 Å². The number of hydrogen-bond acceptors (Lipinski definition) is 8. The van der Waals surface area contributed by atoms with Gasteiger partial charge < -0.3 is 50.9 Å². The van der Waals surface area contributed by atoms with Crippen LogP contribution in [0.3, 0.4) is 0 Å². The van der Waals surface area contributed by atoms with Gasteiger partial charge in [-0.15, -0.1) is 12.6 Å². The maximum Gasteiger partial charge on any atom is 0.0765 e. The molecule has 15 N–H and O–H groups in total. The van der Waals surface area contributed by atoms with Crippen LogP contribution in [-0.4, -0.2) is 63.2 Å². The van der Waals surface area contributed by atoms with E-state index in [1.54, 1.807) is 0 Å². The van der Waals surface area contributed by atoms with Gasteiger partial charge in [-0.3, -0.25) is 5.41 Å². The fourth-order valence-electron chi connectivity index (χ4n) is 3.74. The van der Waals surface area contributed by atoms with Gasteiger partial charge in [0.2, 0.25) is 0 Å². The van der Waals surface area contributed by atoms with E-state index in [1.807, 2.05) is 13.0 Å². The minimum absolute atomic E-state index is 0. The van der Waals surface area contributed by atoms with E-state index < -0.39 is 0 Å². The second-order valence-electron chi connectivity index (χ2n) is 10.4. The largest absolute Gasteiger partial charge is 0.677 e. The van der Waals surface area contributed by atoms with Crippen LogP contribution in [0, 0.1) is 16.7 Å². The van der Waals surface area contributed by atoms with E-state index in [4.69, 9.17) is 45.2 Å². The predicted octanol–water partition coefficient (Wildman–Crippen LogP) is 6.38. The second kappa shape index (κ2) is 51.6. The van der Waals surface area contributed by atoms with Crippen LogP contribution in [0.5, 0.6) is 0 Å². The smallest absolute Gasteiger partial charge is 0.0765 e. The van der Waals surface area contributed by atoms with Crippen molar-refractivity contribution < 1.29 is 32.7 Å². The second-order valence-corrected chi connectivity index (χ2v) is 11.5. The first-order chi connectivity index (χ1) is 20.1. The van der Waals surface area contributed by atoms with E-state index in [2.05, 4.69) is 43.9 Å². The summed E-state index contributed by atoms with van der Waals surface area (Å²) in [5.74, 6) is 0.364. The average Bonchev–Trinajstić information content (AvgIpc) is 2.97. The fraction of sp³-hybridized carbons (Fsp3) is 0.871. The first kappa shape index (κ1) is 55.5. The monoisotopic (exact) mass is 707 g/mol. The Bertz CT molecular complexity index is 474. The zero-order valence-electron chi connectivity index (χ0n) is 28.2. The molecular weight excluding hydrogens is 633 g/mol. The molecule has 0 bridgehead atoms. The molecule has 0 aromatic carbocycles. The molecule has 0 heterocycles. The van der Waals surface area contributed by atoms with Gasteiger partial charge in [-0.25, -0.2) is 0 Å². The summed E-state index contributed by atoms with van der Waals surface area (Å²) in [5.41, 5.74) is 41.0. The van der Waals surface area contributed by atoms with Crippen LogP contribution in [0.2, 0.25) is 0 Å². The molecule has 0 aromatic heterocycles. The molecular formula is C31H74N10SY-2. The third kappa shape index (κ3) is 65.7. The zero-order valence-corrected chi connectivity index (χ0v) is 31.9. The summed E-state index contributed by atoms with van der Waals surface area (Å²) in [7, 11) is 0. The van der Waals surface area contributed by atoms with Crippen molar-refractivity contribution in [2.45, 2.75) is 127 Å². The number of nitrogens with two attached hydrogens (primary N) is 5. The molecule has 3 unspecified atom stereocenters. The molecule has 0 aromatic rings. The Hall–Kier alpha value is 0.0539. The van der Waals surface area contributed by atoms with Crippen LogP contribution in [0.4, 0.5) is 0 Å². The van der Waals surface area contributed by atoms with E-state index in [0.717, 1.165) is 90.4 Å². The molecule has 0 saturated heterocycles. The van der Waals surface area contributed by atoms with Gasteiger partial charge in [0.05, 0.1) is 11.2 Å². The Morgan fingerprint density at radius 2 is 1.23 bits per heavy atom. The van der Waals surface area contributed by atoms with E-state index in [-0.39, 0.29) is 43.6 Å². The van der Waals surface area contributed by atoms with Crippen molar-refractivity contribution in [1.82, 2.24) is 5.32 Å². The number of hydrogen-bond donors (Lipinski definition) is 9. The summed E-state index contributed by atoms with van der Waals surface area (Å²) >= 11 is 4.20. The van der Waals surface area contributed by atoms with Crippen LogP contribution < -0.4 is 34.0 Å². The maximum atomic E-state index is 7.80. The van der Waals surface area contributed by atoms with E-state index in [9.17, 15) is 0 Å². The van der Waals surface area contributed by atoms with E-state index in [0.29, 0.717) is 12.5 Å². The maximum absolute atomic E-state index is 7.80. The molecule has 259 valence electrons. The molecule has 3 atom stereocenters. The Morgan fingerprint density at radius 1 is 0.837 bits per heavy atom. The molecule has 10 nitrogen and oxygen atoms in total. The molecule has 43 heavy (non-hydrogen) atoms. The van der Waals surface area contributed by atoms with Gasteiger partial charge in [0.25, 0.3) is 0 Å². The van der Waals surface area contributed by atoms with Crippen LogP contribution in [0.15, 0.2) is 12.7 Å². The molecule has 12 heteroatoms. The SMILES string of the molecule is C=CC(CC)C([NH-])CCCCN.C=N.CC(N)(S)CCCCCN.N=CN.[NH-]CCCCCCNCCCCCCN.[Y]. The predicted molar refractivity (Wildman–Crippen MR) is 195 cm³/mol.